The maximum absolute atomic E-state index is 13.4. The Morgan fingerprint density at radius 1 is 1.21 bits per heavy atom. The highest BCUT2D eigenvalue weighted by atomic mass is 32.2. The summed E-state index contributed by atoms with van der Waals surface area (Å²) < 4.78 is 28.4. The third-order valence-corrected chi connectivity index (χ3v) is 6.65. The van der Waals surface area contributed by atoms with E-state index in [-0.39, 0.29) is 6.04 Å². The molecule has 128 valence electrons. The van der Waals surface area contributed by atoms with Crippen molar-refractivity contribution in [3.8, 4) is 0 Å². The summed E-state index contributed by atoms with van der Waals surface area (Å²) in [6, 6.07) is 7.40. The van der Waals surface area contributed by atoms with E-state index < -0.39 is 10.0 Å². The van der Waals surface area contributed by atoms with Crippen molar-refractivity contribution < 1.29 is 8.42 Å². The Morgan fingerprint density at radius 2 is 1.92 bits per heavy atom. The highest BCUT2D eigenvalue weighted by molar-refractivity contribution is 7.89. The Hall–Kier alpha value is -1.76. The molecule has 0 radical (unpaired) electrons. The number of piperazine rings is 1. The summed E-state index contributed by atoms with van der Waals surface area (Å²) in [5.41, 5.74) is 3.59. The molecule has 0 saturated carbocycles. The Labute approximate surface area is 143 Å². The van der Waals surface area contributed by atoms with Gasteiger partial charge in [0.05, 0.1) is 10.9 Å². The van der Waals surface area contributed by atoms with Crippen LogP contribution in [0.5, 0.6) is 0 Å². The van der Waals surface area contributed by atoms with Gasteiger partial charge in [-0.05, 0) is 43.5 Å². The predicted molar refractivity (Wildman–Crippen MR) is 94.4 cm³/mol. The molecule has 3 rings (SSSR count). The van der Waals surface area contributed by atoms with Crippen molar-refractivity contribution in [2.45, 2.75) is 31.7 Å². The van der Waals surface area contributed by atoms with E-state index in [0.29, 0.717) is 24.5 Å². The van der Waals surface area contributed by atoms with Crippen LogP contribution in [0.4, 0.5) is 0 Å². The highest BCUT2D eigenvalue weighted by Crippen LogP contribution is 2.32. The molecule has 24 heavy (non-hydrogen) atoms. The van der Waals surface area contributed by atoms with Gasteiger partial charge in [-0.1, -0.05) is 23.8 Å². The fourth-order valence-corrected chi connectivity index (χ4v) is 5.55. The Bertz CT molecular complexity index is 812. The van der Waals surface area contributed by atoms with E-state index in [1.54, 1.807) is 16.7 Å². The van der Waals surface area contributed by atoms with E-state index >= 15 is 0 Å². The molecule has 1 saturated heterocycles. The maximum atomic E-state index is 13.4. The van der Waals surface area contributed by atoms with Crippen molar-refractivity contribution in [3.05, 3.63) is 58.9 Å². The molecule has 1 N–H and O–H groups in total. The number of hydrogen-bond donors (Lipinski definition) is 1. The minimum absolute atomic E-state index is 0.238. The third kappa shape index (κ3) is 3.09. The Balaban J connectivity index is 2.08. The van der Waals surface area contributed by atoms with E-state index in [4.69, 9.17) is 0 Å². The molecule has 2 aromatic rings. The average Bonchev–Trinajstić information content (AvgIpc) is 2.54. The standard InChI is InChI=1S/C18H23N3O2S/c1-13-9-14(2)18(15(3)10-13)24(22,23)21-8-7-20-12-17(21)16-5-4-6-19-11-16/h4-6,9-11,17,20H,7-8,12H2,1-3H3. The molecule has 0 aliphatic carbocycles. The minimum atomic E-state index is -3.57. The number of aryl methyl sites for hydroxylation is 3. The number of nitrogens with one attached hydrogen (secondary N) is 1. The highest BCUT2D eigenvalue weighted by Gasteiger charge is 2.36. The zero-order chi connectivity index (χ0) is 17.3. The van der Waals surface area contributed by atoms with Crippen LogP contribution in [0.15, 0.2) is 41.6 Å². The zero-order valence-electron chi connectivity index (χ0n) is 14.3. The first-order valence-electron chi connectivity index (χ1n) is 8.11. The molecule has 1 aliphatic rings. The second kappa shape index (κ2) is 6.63. The number of hydrogen-bond acceptors (Lipinski definition) is 4. The minimum Gasteiger partial charge on any atom is -0.313 e. The molecule has 1 aliphatic heterocycles. The van der Waals surface area contributed by atoms with Gasteiger partial charge in [0.25, 0.3) is 0 Å². The first kappa shape index (κ1) is 17.1. The van der Waals surface area contributed by atoms with E-state index in [2.05, 4.69) is 10.3 Å². The fraction of sp³-hybridized carbons (Fsp3) is 0.389. The SMILES string of the molecule is Cc1cc(C)c(S(=O)(=O)N2CCNCC2c2cccnc2)c(C)c1. The van der Waals surface area contributed by atoms with Crippen LogP contribution in [-0.4, -0.2) is 37.3 Å². The third-order valence-electron chi connectivity index (χ3n) is 4.43. The number of rotatable bonds is 3. The van der Waals surface area contributed by atoms with Crippen LogP contribution >= 0.6 is 0 Å². The molecule has 0 amide bonds. The van der Waals surface area contributed by atoms with E-state index in [1.165, 1.54) is 0 Å². The van der Waals surface area contributed by atoms with Gasteiger partial charge < -0.3 is 5.32 Å². The number of sulfonamides is 1. The summed E-state index contributed by atoms with van der Waals surface area (Å²) in [6.45, 7) is 7.42. The van der Waals surface area contributed by atoms with Crippen LogP contribution < -0.4 is 5.32 Å². The first-order chi connectivity index (χ1) is 11.4. The van der Waals surface area contributed by atoms with Gasteiger partial charge in [0, 0.05) is 32.0 Å². The van der Waals surface area contributed by atoms with Gasteiger partial charge in [0.2, 0.25) is 10.0 Å². The molecular weight excluding hydrogens is 322 g/mol. The molecular formula is C18H23N3O2S. The monoisotopic (exact) mass is 345 g/mol. The molecule has 6 heteroatoms. The van der Waals surface area contributed by atoms with Crippen LogP contribution in [-0.2, 0) is 10.0 Å². The van der Waals surface area contributed by atoms with Gasteiger partial charge in [-0.2, -0.15) is 4.31 Å². The van der Waals surface area contributed by atoms with Crippen molar-refractivity contribution in [1.82, 2.24) is 14.6 Å². The predicted octanol–water partition coefficient (Wildman–Crippen LogP) is 2.34. The van der Waals surface area contributed by atoms with E-state index in [9.17, 15) is 8.42 Å². The van der Waals surface area contributed by atoms with Gasteiger partial charge in [0.15, 0.2) is 0 Å². The fourth-order valence-electron chi connectivity index (χ4n) is 3.52. The summed E-state index contributed by atoms with van der Waals surface area (Å²) >= 11 is 0. The van der Waals surface area contributed by atoms with Crippen LogP contribution in [0.1, 0.15) is 28.3 Å². The number of pyridine rings is 1. The Kier molecular flexibility index (Phi) is 4.71. The van der Waals surface area contributed by atoms with Crippen molar-refractivity contribution in [2.24, 2.45) is 0 Å². The van der Waals surface area contributed by atoms with Crippen LogP contribution in [0.25, 0.3) is 0 Å². The lowest BCUT2D eigenvalue weighted by molar-refractivity contribution is 0.271. The lowest BCUT2D eigenvalue weighted by atomic mass is 10.1. The van der Waals surface area contributed by atoms with Gasteiger partial charge in [-0.15, -0.1) is 0 Å². The molecule has 2 heterocycles. The maximum Gasteiger partial charge on any atom is 0.244 e. The van der Waals surface area contributed by atoms with Gasteiger partial charge in [-0.25, -0.2) is 8.42 Å². The molecule has 1 aromatic carbocycles. The van der Waals surface area contributed by atoms with E-state index in [1.807, 2.05) is 45.0 Å². The molecule has 5 nitrogen and oxygen atoms in total. The lowest BCUT2D eigenvalue weighted by Gasteiger charge is -2.36. The molecule has 1 atom stereocenters. The van der Waals surface area contributed by atoms with Crippen LogP contribution in [0.3, 0.4) is 0 Å². The Morgan fingerprint density at radius 3 is 2.54 bits per heavy atom. The van der Waals surface area contributed by atoms with Crippen molar-refractivity contribution in [1.29, 1.82) is 0 Å². The van der Waals surface area contributed by atoms with Crippen molar-refractivity contribution in [3.63, 3.8) is 0 Å². The average molecular weight is 345 g/mol. The summed E-state index contributed by atoms with van der Waals surface area (Å²) in [4.78, 5) is 4.58. The number of aromatic nitrogens is 1. The molecule has 0 bridgehead atoms. The number of benzene rings is 1. The quantitative estimate of drug-likeness (QED) is 0.927. The second-order valence-electron chi connectivity index (χ2n) is 6.35. The second-order valence-corrected chi connectivity index (χ2v) is 8.18. The van der Waals surface area contributed by atoms with Crippen molar-refractivity contribution >= 4 is 10.0 Å². The van der Waals surface area contributed by atoms with Crippen LogP contribution in [0.2, 0.25) is 0 Å². The summed E-state index contributed by atoms with van der Waals surface area (Å²) in [5, 5.41) is 3.29. The van der Waals surface area contributed by atoms with Gasteiger partial charge >= 0.3 is 0 Å². The molecule has 1 unspecified atom stereocenters. The van der Waals surface area contributed by atoms with Crippen molar-refractivity contribution in [2.75, 3.05) is 19.6 Å². The molecule has 0 spiro atoms. The first-order valence-corrected chi connectivity index (χ1v) is 9.55. The van der Waals surface area contributed by atoms with Gasteiger partial charge in [0.1, 0.15) is 0 Å². The number of nitrogens with zero attached hydrogens (tertiary/aromatic N) is 2. The normalized spacial score (nSPS) is 19.4. The topological polar surface area (TPSA) is 62.3 Å². The summed E-state index contributed by atoms with van der Waals surface area (Å²) in [7, 11) is -3.57. The van der Waals surface area contributed by atoms with Gasteiger partial charge in [-0.3, -0.25) is 4.98 Å². The molecule has 1 fully saturated rings. The lowest BCUT2D eigenvalue weighted by Crippen LogP contribution is -2.48. The van der Waals surface area contributed by atoms with Crippen LogP contribution in [0, 0.1) is 20.8 Å². The largest absolute Gasteiger partial charge is 0.313 e. The summed E-state index contributed by atoms with van der Waals surface area (Å²) in [5.74, 6) is 0. The molecule has 1 aromatic heterocycles. The van der Waals surface area contributed by atoms with E-state index in [0.717, 1.165) is 22.3 Å². The smallest absolute Gasteiger partial charge is 0.244 e. The zero-order valence-corrected chi connectivity index (χ0v) is 15.1. The summed E-state index contributed by atoms with van der Waals surface area (Å²) in [6.07, 6.45) is 3.45.